The number of carbonyl (C=O) groups excluding carboxylic acids is 1. The molecule has 4 aromatic rings. The molecule has 0 atom stereocenters. The van der Waals surface area contributed by atoms with Crippen molar-refractivity contribution in [2.45, 2.75) is 25.9 Å². The van der Waals surface area contributed by atoms with Gasteiger partial charge in [0, 0.05) is 30.1 Å². The summed E-state index contributed by atoms with van der Waals surface area (Å²) >= 11 is 1.69. The summed E-state index contributed by atoms with van der Waals surface area (Å²) in [5.41, 5.74) is 8.13. The molecule has 152 valence electrons. The fraction of sp³-hybridized carbons (Fsp3) is 0.238. The van der Waals surface area contributed by atoms with Gasteiger partial charge in [-0.15, -0.1) is 21.5 Å². The third kappa shape index (κ3) is 3.97. The summed E-state index contributed by atoms with van der Waals surface area (Å²) in [6.07, 6.45) is 6.26. The van der Waals surface area contributed by atoms with Gasteiger partial charge in [-0.3, -0.25) is 9.48 Å². The number of carbonyl (C=O) groups is 1. The molecule has 0 unspecified atom stereocenters. The number of fused-ring (bicyclic) bond motifs is 1. The molecule has 0 spiro atoms. The van der Waals surface area contributed by atoms with Gasteiger partial charge in [0.1, 0.15) is 0 Å². The molecule has 1 aliphatic rings. The number of benzene rings is 1. The van der Waals surface area contributed by atoms with Crippen molar-refractivity contribution in [2.75, 3.05) is 10.6 Å². The van der Waals surface area contributed by atoms with Gasteiger partial charge in [-0.1, -0.05) is 18.2 Å². The molecule has 0 aliphatic heterocycles. The topological polar surface area (TPSA) is 111 Å². The van der Waals surface area contributed by atoms with Crippen LogP contribution in [0.3, 0.4) is 0 Å². The number of primary amides is 1. The van der Waals surface area contributed by atoms with Gasteiger partial charge in [0.2, 0.25) is 0 Å². The quantitative estimate of drug-likeness (QED) is 0.401. The minimum absolute atomic E-state index is 0.114. The van der Waals surface area contributed by atoms with E-state index in [-0.39, 0.29) is 5.69 Å². The molecule has 5 rings (SSSR count). The van der Waals surface area contributed by atoms with Gasteiger partial charge in [0.05, 0.1) is 17.6 Å². The van der Waals surface area contributed by atoms with Crippen LogP contribution >= 0.6 is 11.3 Å². The minimum Gasteiger partial charge on any atom is -0.379 e. The molecule has 3 aromatic heterocycles. The number of nitrogens with zero attached hydrogens (tertiary/aromatic N) is 4. The van der Waals surface area contributed by atoms with Crippen LogP contribution in [0, 0.1) is 5.92 Å². The average molecular weight is 420 g/mol. The Bertz CT molecular complexity index is 1210. The van der Waals surface area contributed by atoms with E-state index in [4.69, 9.17) is 5.73 Å². The summed E-state index contributed by atoms with van der Waals surface area (Å²) in [7, 11) is 0. The molecule has 0 bridgehead atoms. The maximum Gasteiger partial charge on any atom is 0.271 e. The van der Waals surface area contributed by atoms with Crippen LogP contribution in [0.15, 0.2) is 48.1 Å². The maximum atomic E-state index is 11.8. The van der Waals surface area contributed by atoms with Gasteiger partial charge in [-0.25, -0.2) is 0 Å². The number of aromatic nitrogens is 4. The Balaban J connectivity index is 1.35. The van der Waals surface area contributed by atoms with Crippen molar-refractivity contribution in [3.8, 4) is 0 Å². The van der Waals surface area contributed by atoms with Crippen LogP contribution in [-0.2, 0) is 13.1 Å². The Labute approximate surface area is 177 Å². The van der Waals surface area contributed by atoms with Crippen molar-refractivity contribution >= 4 is 44.5 Å². The van der Waals surface area contributed by atoms with Crippen LogP contribution in [0.25, 0.3) is 10.1 Å². The van der Waals surface area contributed by atoms with Crippen molar-refractivity contribution in [2.24, 2.45) is 11.7 Å². The first-order chi connectivity index (χ1) is 14.7. The van der Waals surface area contributed by atoms with E-state index in [1.807, 2.05) is 16.9 Å². The molecule has 9 heteroatoms. The number of anilines is 3. The Morgan fingerprint density at radius 2 is 2.17 bits per heavy atom. The molecule has 0 saturated heterocycles. The molecule has 1 aliphatic carbocycles. The second kappa shape index (κ2) is 7.75. The summed E-state index contributed by atoms with van der Waals surface area (Å²) in [5.74, 6) is 0.641. The first kappa shape index (κ1) is 18.6. The first-order valence-corrected chi connectivity index (χ1v) is 10.7. The molecule has 0 radical (unpaired) electrons. The van der Waals surface area contributed by atoms with Gasteiger partial charge in [0.15, 0.2) is 11.5 Å². The molecule has 1 amide bonds. The van der Waals surface area contributed by atoms with Gasteiger partial charge in [0.25, 0.3) is 5.91 Å². The van der Waals surface area contributed by atoms with Crippen molar-refractivity contribution in [3.05, 3.63) is 59.4 Å². The highest BCUT2D eigenvalue weighted by molar-refractivity contribution is 7.17. The van der Waals surface area contributed by atoms with Crippen LogP contribution in [0.1, 0.15) is 28.9 Å². The number of nitrogens with one attached hydrogen (secondary N) is 2. The van der Waals surface area contributed by atoms with E-state index < -0.39 is 5.91 Å². The summed E-state index contributed by atoms with van der Waals surface area (Å²) in [4.78, 5) is 11.8. The molecule has 8 nitrogen and oxygen atoms in total. The molecular weight excluding hydrogens is 398 g/mol. The standard InChI is InChI=1S/C21H21N7OS/c22-21(29)19-17(23-9-15-3-1-2-14-6-7-30-20(14)15)8-18(26-27-19)25-16-10-24-28(12-16)11-13-4-5-13/h1-3,6-8,10,12-13H,4-5,9,11H2,(H2,22,29)(H2,23,25,26). The highest BCUT2D eigenvalue weighted by Gasteiger charge is 2.22. The van der Waals surface area contributed by atoms with Gasteiger partial charge < -0.3 is 16.4 Å². The lowest BCUT2D eigenvalue weighted by Crippen LogP contribution is -2.17. The highest BCUT2D eigenvalue weighted by Crippen LogP contribution is 2.31. The lowest BCUT2D eigenvalue weighted by Gasteiger charge is -2.11. The monoisotopic (exact) mass is 419 g/mol. The van der Waals surface area contributed by atoms with Crippen molar-refractivity contribution in [1.82, 2.24) is 20.0 Å². The Hall–Kier alpha value is -3.46. The fourth-order valence-corrected chi connectivity index (χ4v) is 4.31. The van der Waals surface area contributed by atoms with Gasteiger partial charge in [-0.2, -0.15) is 5.10 Å². The van der Waals surface area contributed by atoms with Gasteiger partial charge >= 0.3 is 0 Å². The molecule has 1 saturated carbocycles. The van der Waals surface area contributed by atoms with E-state index >= 15 is 0 Å². The normalized spacial score (nSPS) is 13.5. The smallest absolute Gasteiger partial charge is 0.271 e. The fourth-order valence-electron chi connectivity index (χ4n) is 3.40. The summed E-state index contributed by atoms with van der Waals surface area (Å²) < 4.78 is 3.15. The van der Waals surface area contributed by atoms with E-state index in [0.29, 0.717) is 18.1 Å². The van der Waals surface area contributed by atoms with Crippen LogP contribution in [0.2, 0.25) is 0 Å². The zero-order valence-corrected chi connectivity index (χ0v) is 17.0. The molecule has 30 heavy (non-hydrogen) atoms. The van der Waals surface area contributed by atoms with Crippen molar-refractivity contribution in [1.29, 1.82) is 0 Å². The zero-order chi connectivity index (χ0) is 20.5. The number of nitrogens with two attached hydrogens (primary N) is 1. The molecule has 1 aromatic carbocycles. The third-order valence-corrected chi connectivity index (χ3v) is 6.11. The SMILES string of the molecule is NC(=O)c1nnc(Nc2cnn(CC3CC3)c2)cc1NCc1cccc2ccsc12. The van der Waals surface area contributed by atoms with Crippen LogP contribution in [0.4, 0.5) is 17.2 Å². The number of thiophene rings is 1. The predicted octanol–water partition coefficient (Wildman–Crippen LogP) is 3.75. The van der Waals surface area contributed by atoms with E-state index in [9.17, 15) is 4.79 Å². The van der Waals surface area contributed by atoms with E-state index in [2.05, 4.69) is 49.5 Å². The largest absolute Gasteiger partial charge is 0.379 e. The van der Waals surface area contributed by atoms with E-state index in [1.165, 1.54) is 22.9 Å². The number of hydrogen-bond donors (Lipinski definition) is 3. The molecule has 3 heterocycles. The van der Waals surface area contributed by atoms with Crippen LogP contribution < -0.4 is 16.4 Å². The first-order valence-electron chi connectivity index (χ1n) is 9.82. The number of rotatable bonds is 8. The summed E-state index contributed by atoms with van der Waals surface area (Å²) in [5, 5.41) is 22.3. The van der Waals surface area contributed by atoms with E-state index in [0.717, 1.165) is 23.7 Å². The minimum atomic E-state index is -0.622. The molecule has 1 fully saturated rings. The van der Waals surface area contributed by atoms with Gasteiger partial charge in [-0.05, 0) is 41.2 Å². The summed E-state index contributed by atoms with van der Waals surface area (Å²) in [6, 6.07) is 10.0. The number of amides is 1. The maximum absolute atomic E-state index is 11.8. The van der Waals surface area contributed by atoms with Crippen molar-refractivity contribution < 1.29 is 4.79 Å². The Kier molecular flexibility index (Phi) is 4.80. The Morgan fingerprint density at radius 3 is 3.00 bits per heavy atom. The van der Waals surface area contributed by atoms with Crippen LogP contribution in [-0.4, -0.2) is 25.9 Å². The average Bonchev–Trinajstić information content (AvgIpc) is 3.22. The van der Waals surface area contributed by atoms with Crippen LogP contribution in [0.5, 0.6) is 0 Å². The second-order valence-electron chi connectivity index (χ2n) is 7.49. The number of hydrogen-bond acceptors (Lipinski definition) is 7. The lowest BCUT2D eigenvalue weighted by molar-refractivity contribution is 0.0995. The third-order valence-electron chi connectivity index (χ3n) is 5.10. The molecular formula is C21H21N7OS. The van der Waals surface area contributed by atoms with E-state index in [1.54, 1.807) is 23.6 Å². The molecule has 4 N–H and O–H groups in total. The zero-order valence-electron chi connectivity index (χ0n) is 16.2. The lowest BCUT2D eigenvalue weighted by atomic mass is 10.1. The summed E-state index contributed by atoms with van der Waals surface area (Å²) in [6.45, 7) is 1.48. The van der Waals surface area contributed by atoms with Crippen molar-refractivity contribution in [3.63, 3.8) is 0 Å². The second-order valence-corrected chi connectivity index (χ2v) is 8.40. The predicted molar refractivity (Wildman–Crippen MR) is 118 cm³/mol. The Morgan fingerprint density at radius 1 is 1.27 bits per heavy atom. The highest BCUT2D eigenvalue weighted by atomic mass is 32.1.